The summed E-state index contributed by atoms with van der Waals surface area (Å²) in [6.45, 7) is 5.62. The van der Waals surface area contributed by atoms with E-state index in [-0.39, 0.29) is 17.2 Å². The van der Waals surface area contributed by atoms with Crippen LogP contribution in [0.1, 0.15) is 50.3 Å². The molecule has 4 N–H and O–H groups in total. The Labute approximate surface area is 222 Å². The highest BCUT2D eigenvalue weighted by Crippen LogP contribution is 2.56. The van der Waals surface area contributed by atoms with E-state index in [1.807, 2.05) is 26.1 Å². The Balaban J connectivity index is 1.30. The van der Waals surface area contributed by atoms with E-state index in [0.29, 0.717) is 16.0 Å². The van der Waals surface area contributed by atoms with Gasteiger partial charge in [-0.2, -0.15) is 0 Å². The van der Waals surface area contributed by atoms with Crippen LogP contribution in [0.2, 0.25) is 5.02 Å². The molecule has 36 heavy (non-hydrogen) atoms. The number of rotatable bonds is 6. The summed E-state index contributed by atoms with van der Waals surface area (Å²) < 4.78 is 11.8. The molecular formula is C24H29ClN8OS2. The zero-order valence-electron chi connectivity index (χ0n) is 20.2. The fraction of sp³-hybridized carbons (Fsp3) is 0.458. The molecular weight excluding hydrogens is 516 g/mol. The summed E-state index contributed by atoms with van der Waals surface area (Å²) in [7, 11) is -1.41. The predicted octanol–water partition coefficient (Wildman–Crippen LogP) is 3.77. The molecule has 2 aliphatic rings. The summed E-state index contributed by atoms with van der Waals surface area (Å²) in [5, 5.41) is 15.6. The van der Waals surface area contributed by atoms with E-state index >= 15 is 0 Å². The van der Waals surface area contributed by atoms with Crippen LogP contribution in [0.25, 0.3) is 0 Å². The molecule has 0 saturated carbocycles. The molecule has 12 heteroatoms. The summed E-state index contributed by atoms with van der Waals surface area (Å²) >= 11 is 7.60. The van der Waals surface area contributed by atoms with Gasteiger partial charge in [0.1, 0.15) is 10.8 Å². The Morgan fingerprint density at radius 1 is 1.19 bits per heavy atom. The van der Waals surface area contributed by atoms with Gasteiger partial charge in [-0.1, -0.05) is 29.4 Å². The van der Waals surface area contributed by atoms with E-state index in [1.165, 1.54) is 17.3 Å². The maximum Gasteiger partial charge on any atom is 0.245 e. The quantitative estimate of drug-likeness (QED) is 0.475. The molecule has 0 amide bonds. The second kappa shape index (κ2) is 9.85. The molecule has 1 fully saturated rings. The van der Waals surface area contributed by atoms with Gasteiger partial charge in [-0.15, -0.1) is 10.2 Å². The maximum atomic E-state index is 12.3. The lowest BCUT2D eigenvalue weighted by Crippen LogP contribution is -2.45. The summed E-state index contributed by atoms with van der Waals surface area (Å²) in [6.07, 6.45) is 8.81. The zero-order chi connectivity index (χ0) is 25.5. The average molecular weight is 545 g/mol. The van der Waals surface area contributed by atoms with Crippen LogP contribution in [-0.4, -0.2) is 47.2 Å². The number of aromatic nitrogens is 5. The fourth-order valence-corrected chi connectivity index (χ4v) is 6.66. The van der Waals surface area contributed by atoms with Crippen LogP contribution in [0.4, 0.5) is 11.8 Å². The van der Waals surface area contributed by atoms with Gasteiger partial charge in [-0.05, 0) is 68.6 Å². The summed E-state index contributed by atoms with van der Waals surface area (Å²) in [4.78, 5) is 16.2. The molecule has 2 atom stereocenters. The smallest absolute Gasteiger partial charge is 0.245 e. The highest BCUT2D eigenvalue weighted by molar-refractivity contribution is 7.99. The zero-order valence-corrected chi connectivity index (χ0v) is 22.6. The molecule has 3 aromatic rings. The number of fused-ring (bicyclic) bond motifs is 1. The average Bonchev–Trinajstić information content (AvgIpc) is 3.15. The predicted molar refractivity (Wildman–Crippen MR) is 143 cm³/mol. The first-order valence-corrected chi connectivity index (χ1v) is 14.2. The molecule has 1 saturated heterocycles. The lowest BCUT2D eigenvalue weighted by Gasteiger charge is -2.44. The fourth-order valence-electron chi connectivity index (χ4n) is 5.36. The van der Waals surface area contributed by atoms with Crippen LogP contribution in [-0.2, 0) is 17.4 Å². The van der Waals surface area contributed by atoms with Crippen LogP contribution in [0.5, 0.6) is 0 Å². The number of hydrogen-bond donors (Lipinski definition) is 2. The van der Waals surface area contributed by atoms with Crippen molar-refractivity contribution in [2.45, 2.75) is 60.1 Å². The number of hydrogen-bond acceptors (Lipinski definition) is 9. The van der Waals surface area contributed by atoms with Gasteiger partial charge >= 0.3 is 0 Å². The third-order valence-corrected chi connectivity index (χ3v) is 10.2. The van der Waals surface area contributed by atoms with Crippen molar-refractivity contribution in [1.82, 2.24) is 25.1 Å². The molecule has 4 heterocycles. The topological polar surface area (TPSA) is 137 Å². The number of nitrogens with two attached hydrogens (primary N) is 2. The third kappa shape index (κ3) is 4.81. The van der Waals surface area contributed by atoms with Crippen LogP contribution in [0, 0.1) is 5.41 Å². The van der Waals surface area contributed by atoms with Gasteiger partial charge in [0.15, 0.2) is 0 Å². The van der Waals surface area contributed by atoms with E-state index in [2.05, 4.69) is 36.1 Å². The maximum absolute atomic E-state index is 12.3. The highest BCUT2D eigenvalue weighted by Gasteiger charge is 2.50. The molecule has 5 rings (SSSR count). The lowest BCUT2D eigenvalue weighted by atomic mass is 9.67. The Bertz CT molecular complexity index is 1280. The Morgan fingerprint density at radius 3 is 2.67 bits per heavy atom. The molecule has 0 radical (unpaired) electrons. The van der Waals surface area contributed by atoms with Gasteiger partial charge in [0.05, 0.1) is 27.0 Å². The van der Waals surface area contributed by atoms with Gasteiger partial charge in [0.2, 0.25) is 5.95 Å². The molecule has 1 aliphatic heterocycles. The SMILES string of the molecule is CC(C)(C[C@@H]1c2cccnc2CC12CCN(c1ncc(Sc3ccnc(N)c3Cl)nn1)CC2)S(N)=O. The lowest BCUT2D eigenvalue weighted by molar-refractivity contribution is 0.169. The van der Waals surface area contributed by atoms with E-state index in [4.69, 9.17) is 22.5 Å². The second-order valence-electron chi connectivity index (χ2n) is 10.1. The van der Waals surface area contributed by atoms with Crippen LogP contribution in [0.15, 0.2) is 46.7 Å². The standard InChI is InChI=1S/C24H29ClN8OS2/c1-23(2,36(27)34)12-16-15-4-3-8-28-17(15)13-24(16)6-10-33(11-7-24)22-30-14-19(31-32-22)35-18-5-9-29-21(26)20(18)25/h3-5,8-9,14,16H,6-7,10-13,27H2,1-2H3,(H2,26,29)/t16-,36?/m1/s1. The molecule has 1 aliphatic carbocycles. The van der Waals surface area contributed by atoms with Gasteiger partial charge in [-0.3, -0.25) is 10.1 Å². The van der Waals surface area contributed by atoms with Crippen molar-refractivity contribution in [3.63, 3.8) is 0 Å². The Morgan fingerprint density at radius 2 is 1.97 bits per heavy atom. The van der Waals surface area contributed by atoms with Gasteiger partial charge in [0.25, 0.3) is 0 Å². The van der Waals surface area contributed by atoms with Crippen molar-refractivity contribution in [2.24, 2.45) is 10.6 Å². The number of piperidine rings is 1. The minimum absolute atomic E-state index is 0.0606. The molecule has 9 nitrogen and oxygen atoms in total. The van der Waals surface area contributed by atoms with Crippen LogP contribution < -0.4 is 15.8 Å². The van der Waals surface area contributed by atoms with Crippen molar-refractivity contribution >= 4 is 46.1 Å². The van der Waals surface area contributed by atoms with Crippen molar-refractivity contribution in [3.05, 3.63) is 53.1 Å². The van der Waals surface area contributed by atoms with E-state index < -0.39 is 15.7 Å². The molecule has 1 spiro atoms. The largest absolute Gasteiger partial charge is 0.382 e. The van der Waals surface area contributed by atoms with E-state index in [0.717, 1.165) is 49.4 Å². The first kappa shape index (κ1) is 25.3. The van der Waals surface area contributed by atoms with Crippen molar-refractivity contribution in [2.75, 3.05) is 23.7 Å². The van der Waals surface area contributed by atoms with Crippen molar-refractivity contribution in [1.29, 1.82) is 0 Å². The summed E-state index contributed by atoms with van der Waals surface area (Å²) in [6, 6.07) is 5.96. The van der Waals surface area contributed by atoms with Gasteiger partial charge in [0, 0.05) is 36.1 Å². The van der Waals surface area contributed by atoms with Gasteiger partial charge < -0.3 is 10.6 Å². The minimum atomic E-state index is -1.41. The number of anilines is 2. The van der Waals surface area contributed by atoms with Crippen molar-refractivity contribution < 1.29 is 4.21 Å². The normalized spacial score (nSPS) is 19.9. The van der Waals surface area contributed by atoms with E-state index in [9.17, 15) is 4.21 Å². The minimum Gasteiger partial charge on any atom is -0.382 e. The Kier molecular flexibility index (Phi) is 6.92. The number of nitrogen functional groups attached to an aromatic ring is 1. The third-order valence-electron chi connectivity index (χ3n) is 7.47. The number of pyridine rings is 2. The molecule has 190 valence electrons. The molecule has 1 unspecified atom stereocenters. The molecule has 0 bridgehead atoms. The molecule has 3 aromatic heterocycles. The second-order valence-corrected chi connectivity index (χ2v) is 13.2. The Hall–Kier alpha value is -2.34. The first-order valence-electron chi connectivity index (χ1n) is 11.8. The highest BCUT2D eigenvalue weighted by atomic mass is 35.5. The van der Waals surface area contributed by atoms with Gasteiger partial charge in [-0.25, -0.2) is 14.2 Å². The van der Waals surface area contributed by atoms with Crippen molar-refractivity contribution in [3.8, 4) is 0 Å². The first-order chi connectivity index (χ1) is 17.2. The van der Waals surface area contributed by atoms with Crippen LogP contribution >= 0.6 is 23.4 Å². The summed E-state index contributed by atoms with van der Waals surface area (Å²) in [5.41, 5.74) is 8.29. The monoisotopic (exact) mass is 544 g/mol. The number of nitrogens with zero attached hydrogens (tertiary/aromatic N) is 6. The van der Waals surface area contributed by atoms with Crippen LogP contribution in [0.3, 0.4) is 0 Å². The molecule has 0 aromatic carbocycles. The van der Waals surface area contributed by atoms with E-state index in [1.54, 1.807) is 18.5 Å². The number of halogens is 1. The summed E-state index contributed by atoms with van der Waals surface area (Å²) in [5.74, 6) is 1.16.